The monoisotopic (exact) mass is 577 g/mol. The van der Waals surface area contributed by atoms with Crippen LogP contribution in [0.1, 0.15) is 5.56 Å². The maximum absolute atomic E-state index is 6.45. The van der Waals surface area contributed by atoms with Crippen LogP contribution in [0.3, 0.4) is 0 Å². The van der Waals surface area contributed by atoms with Crippen LogP contribution in [0.25, 0.3) is 83.3 Å². The average molecular weight is 578 g/mol. The fourth-order valence-corrected chi connectivity index (χ4v) is 6.59. The Morgan fingerprint density at radius 3 is 2.02 bits per heavy atom. The molecule has 212 valence electrons. The van der Waals surface area contributed by atoms with Gasteiger partial charge in [0.1, 0.15) is 11.2 Å². The molecule has 3 heterocycles. The number of rotatable bonds is 4. The van der Waals surface area contributed by atoms with Crippen LogP contribution < -0.4 is 0 Å². The van der Waals surface area contributed by atoms with Gasteiger partial charge in [0, 0.05) is 43.9 Å². The highest BCUT2D eigenvalue weighted by Crippen LogP contribution is 2.41. The molecule has 4 heteroatoms. The third-order valence-electron chi connectivity index (χ3n) is 8.70. The van der Waals surface area contributed by atoms with Crippen molar-refractivity contribution in [1.29, 1.82) is 0 Å². The Labute approximate surface area is 259 Å². The molecule has 0 atom stereocenters. The van der Waals surface area contributed by atoms with E-state index >= 15 is 0 Å². The zero-order valence-electron chi connectivity index (χ0n) is 24.6. The first-order valence-electron chi connectivity index (χ1n) is 15.2. The lowest BCUT2D eigenvalue weighted by Crippen LogP contribution is -1.97. The number of para-hydroxylation sites is 3. The molecule has 0 radical (unpaired) electrons. The average Bonchev–Trinajstić information content (AvgIpc) is 3.65. The van der Waals surface area contributed by atoms with Crippen LogP contribution in [0.2, 0.25) is 0 Å². The first-order chi connectivity index (χ1) is 22.2. The number of hydrogen-bond acceptors (Lipinski definition) is 3. The summed E-state index contributed by atoms with van der Waals surface area (Å²) in [7, 11) is 0. The van der Waals surface area contributed by atoms with Gasteiger partial charge in [-0.15, -0.1) is 0 Å². The van der Waals surface area contributed by atoms with Crippen molar-refractivity contribution in [2.75, 3.05) is 0 Å². The van der Waals surface area contributed by atoms with Crippen LogP contribution in [-0.4, -0.2) is 14.5 Å². The molecule has 0 unspecified atom stereocenters. The molecule has 9 rings (SSSR count). The predicted octanol–water partition coefficient (Wildman–Crippen LogP) is 10.8. The lowest BCUT2D eigenvalue weighted by molar-refractivity contribution is 0.670. The Morgan fingerprint density at radius 1 is 0.533 bits per heavy atom. The topological polar surface area (TPSA) is 43.9 Å². The molecule has 0 bridgehead atoms. The largest absolute Gasteiger partial charge is 0.455 e. The molecule has 3 aromatic heterocycles. The maximum Gasteiger partial charge on any atom is 0.160 e. The van der Waals surface area contributed by atoms with E-state index in [-0.39, 0.29) is 0 Å². The number of nitrogens with zero attached hydrogens (tertiary/aromatic N) is 3. The Balaban J connectivity index is 1.35. The van der Waals surface area contributed by atoms with E-state index < -0.39 is 0 Å². The van der Waals surface area contributed by atoms with Crippen LogP contribution in [0.5, 0.6) is 0 Å². The third-order valence-corrected chi connectivity index (χ3v) is 8.70. The number of aromatic nitrogens is 3. The van der Waals surface area contributed by atoms with Crippen molar-refractivity contribution < 1.29 is 4.42 Å². The predicted molar refractivity (Wildman–Crippen MR) is 185 cm³/mol. The molecule has 0 fully saturated rings. The van der Waals surface area contributed by atoms with Gasteiger partial charge in [0.2, 0.25) is 0 Å². The smallest absolute Gasteiger partial charge is 0.160 e. The molecule has 0 aliphatic carbocycles. The van der Waals surface area contributed by atoms with Crippen LogP contribution in [0.15, 0.2) is 150 Å². The van der Waals surface area contributed by atoms with Gasteiger partial charge in [-0.05, 0) is 49.4 Å². The van der Waals surface area contributed by atoms with E-state index in [9.17, 15) is 0 Å². The SMILES string of the molecule is Cc1ccc(-n2c3ccccc3c3c(-c4cc(-c5cccc6c5oc5ccccc56)nc(-c5ccccc5)n4)cccc32)cc1. The lowest BCUT2D eigenvalue weighted by Gasteiger charge is -2.11. The van der Waals surface area contributed by atoms with Gasteiger partial charge < -0.3 is 8.98 Å². The summed E-state index contributed by atoms with van der Waals surface area (Å²) in [6.07, 6.45) is 0. The molecule has 0 N–H and O–H groups in total. The minimum absolute atomic E-state index is 0.676. The molecule has 6 aromatic carbocycles. The van der Waals surface area contributed by atoms with Gasteiger partial charge in [-0.25, -0.2) is 9.97 Å². The molecular weight excluding hydrogens is 550 g/mol. The fraction of sp³-hybridized carbons (Fsp3) is 0.0244. The quantitative estimate of drug-likeness (QED) is 0.209. The van der Waals surface area contributed by atoms with Crippen molar-refractivity contribution in [3.8, 4) is 39.6 Å². The number of fused-ring (bicyclic) bond motifs is 6. The van der Waals surface area contributed by atoms with Crippen LogP contribution in [0, 0.1) is 6.92 Å². The summed E-state index contributed by atoms with van der Waals surface area (Å²) in [6, 6.07) is 50.6. The molecule has 4 nitrogen and oxygen atoms in total. The van der Waals surface area contributed by atoms with Gasteiger partial charge >= 0.3 is 0 Å². The van der Waals surface area contributed by atoms with Gasteiger partial charge in [0.15, 0.2) is 5.82 Å². The summed E-state index contributed by atoms with van der Waals surface area (Å²) in [5.41, 5.74) is 11.0. The number of aryl methyl sites for hydroxylation is 1. The van der Waals surface area contributed by atoms with Crippen molar-refractivity contribution >= 4 is 43.7 Å². The van der Waals surface area contributed by atoms with Crippen molar-refractivity contribution in [3.05, 3.63) is 151 Å². The Hall–Kier alpha value is -6.00. The van der Waals surface area contributed by atoms with Gasteiger partial charge in [-0.3, -0.25) is 0 Å². The number of benzene rings is 6. The minimum Gasteiger partial charge on any atom is -0.455 e. The molecule has 45 heavy (non-hydrogen) atoms. The second-order valence-corrected chi connectivity index (χ2v) is 11.5. The van der Waals surface area contributed by atoms with Crippen molar-refractivity contribution in [2.45, 2.75) is 6.92 Å². The normalized spacial score (nSPS) is 11.7. The summed E-state index contributed by atoms with van der Waals surface area (Å²) < 4.78 is 8.80. The highest BCUT2D eigenvalue weighted by Gasteiger charge is 2.20. The Morgan fingerprint density at radius 2 is 1.18 bits per heavy atom. The van der Waals surface area contributed by atoms with E-state index in [1.54, 1.807) is 0 Å². The van der Waals surface area contributed by atoms with Gasteiger partial charge in [-0.1, -0.05) is 109 Å². The Bertz CT molecular complexity index is 2540. The van der Waals surface area contributed by atoms with Gasteiger partial charge in [0.25, 0.3) is 0 Å². The third kappa shape index (κ3) is 4.07. The molecule has 0 aliphatic heterocycles. The van der Waals surface area contributed by atoms with Crippen LogP contribution in [0.4, 0.5) is 0 Å². The van der Waals surface area contributed by atoms with Gasteiger partial charge in [-0.2, -0.15) is 0 Å². The summed E-state index contributed by atoms with van der Waals surface area (Å²) in [5, 5.41) is 4.53. The van der Waals surface area contributed by atoms with Crippen molar-refractivity contribution in [3.63, 3.8) is 0 Å². The van der Waals surface area contributed by atoms with E-state index in [0.717, 1.165) is 66.7 Å². The lowest BCUT2D eigenvalue weighted by atomic mass is 10.0. The molecule has 0 saturated heterocycles. The van der Waals surface area contributed by atoms with E-state index in [4.69, 9.17) is 14.4 Å². The molecule has 0 aliphatic rings. The van der Waals surface area contributed by atoms with Crippen molar-refractivity contribution in [1.82, 2.24) is 14.5 Å². The second kappa shape index (κ2) is 10.0. The van der Waals surface area contributed by atoms with E-state index in [2.05, 4.69) is 121 Å². The summed E-state index contributed by atoms with van der Waals surface area (Å²) in [5.74, 6) is 0.676. The van der Waals surface area contributed by atoms with E-state index in [0.29, 0.717) is 5.82 Å². The molecule has 0 spiro atoms. The first kappa shape index (κ1) is 25.5. The molecule has 0 amide bonds. The van der Waals surface area contributed by atoms with Crippen LogP contribution >= 0.6 is 0 Å². The zero-order valence-corrected chi connectivity index (χ0v) is 24.6. The molecular formula is C41H27N3O. The van der Waals surface area contributed by atoms with Crippen molar-refractivity contribution in [2.24, 2.45) is 0 Å². The number of furan rings is 1. The van der Waals surface area contributed by atoms with E-state index in [1.807, 2.05) is 36.4 Å². The fourth-order valence-electron chi connectivity index (χ4n) is 6.59. The molecule has 0 saturated carbocycles. The zero-order chi connectivity index (χ0) is 29.9. The minimum atomic E-state index is 0.676. The second-order valence-electron chi connectivity index (χ2n) is 11.5. The highest BCUT2D eigenvalue weighted by atomic mass is 16.3. The highest BCUT2D eigenvalue weighted by molar-refractivity contribution is 6.16. The first-order valence-corrected chi connectivity index (χ1v) is 15.2. The molecule has 9 aromatic rings. The summed E-state index contributed by atoms with van der Waals surface area (Å²) in [6.45, 7) is 2.12. The maximum atomic E-state index is 6.45. The summed E-state index contributed by atoms with van der Waals surface area (Å²) >= 11 is 0. The number of hydrogen-bond donors (Lipinski definition) is 0. The van der Waals surface area contributed by atoms with Gasteiger partial charge in [0.05, 0.1) is 22.4 Å². The Kier molecular flexibility index (Phi) is 5.69. The summed E-state index contributed by atoms with van der Waals surface area (Å²) in [4.78, 5) is 10.4. The standard InChI is InChI=1S/C41H27N3O/c1-26-21-23-28(24-22-26)44-36-18-7-5-14-33(36)39-31(16-10-19-37(39)44)34-25-35(43-41(42-34)27-11-3-2-4-12-27)32-17-9-15-30-29-13-6-8-20-38(29)45-40(30)32/h2-25H,1H3. The van der Waals surface area contributed by atoms with E-state index in [1.165, 1.54) is 16.3 Å². The van der Waals surface area contributed by atoms with Crippen LogP contribution in [-0.2, 0) is 0 Å².